The molecule has 6 fully saturated rings. The summed E-state index contributed by atoms with van der Waals surface area (Å²) in [6.45, 7) is 8.57. The molecule has 0 aromatic heterocycles. The number of nitrogens with one attached hydrogen (secondary N) is 4. The van der Waals surface area contributed by atoms with Gasteiger partial charge in [0.05, 0.1) is 17.3 Å². The molecule has 14 heteroatoms. The smallest absolute Gasteiger partial charge is 0.315 e. The zero-order chi connectivity index (χ0) is 38.3. The largest absolute Gasteiger partial charge is 0.347 e. The van der Waals surface area contributed by atoms with Crippen LogP contribution in [0, 0.1) is 22.7 Å². The minimum absolute atomic E-state index is 0.00852. The number of carbonyl (C=O) groups excluding carboxylic acids is 5. The topological polar surface area (TPSA) is 174 Å². The molecule has 5 amide bonds. The van der Waals surface area contributed by atoms with E-state index in [0.29, 0.717) is 32.2 Å². The minimum atomic E-state index is -3.63. The lowest BCUT2D eigenvalue weighted by Gasteiger charge is -2.44. The number of hydrogen-bond donors (Lipinski definition) is 4. The molecule has 1 saturated heterocycles. The van der Waals surface area contributed by atoms with Crippen LogP contribution in [0.15, 0.2) is 0 Å². The van der Waals surface area contributed by atoms with E-state index in [0.717, 1.165) is 83.5 Å². The van der Waals surface area contributed by atoms with Crippen LogP contribution in [0.1, 0.15) is 137 Å². The van der Waals surface area contributed by atoms with Crippen LogP contribution < -0.4 is 21.3 Å². The van der Waals surface area contributed by atoms with Crippen LogP contribution in [0.4, 0.5) is 4.79 Å². The number of piperidine rings is 1. The molecule has 0 aromatic carbocycles. The molecule has 6 rings (SSSR count). The van der Waals surface area contributed by atoms with Gasteiger partial charge in [-0.15, -0.1) is 0 Å². The number of sulfonamides is 1. The van der Waals surface area contributed by atoms with E-state index in [1.165, 1.54) is 4.31 Å². The van der Waals surface area contributed by atoms with Gasteiger partial charge in [-0.2, -0.15) is 0 Å². The van der Waals surface area contributed by atoms with Gasteiger partial charge in [0.25, 0.3) is 5.91 Å². The van der Waals surface area contributed by atoms with E-state index in [9.17, 15) is 32.4 Å². The van der Waals surface area contributed by atoms with Gasteiger partial charge in [-0.05, 0) is 80.5 Å². The maximum Gasteiger partial charge on any atom is 0.315 e. The molecule has 0 bridgehead atoms. The fraction of sp³-hybridized carbons (Fsp3) is 0.872. The molecule has 4 N–H and O–H groups in total. The predicted octanol–water partition coefficient (Wildman–Crippen LogP) is 3.76. The Morgan fingerprint density at radius 2 is 1.49 bits per heavy atom. The number of hydrogen-bond acceptors (Lipinski definition) is 7. The molecule has 53 heavy (non-hydrogen) atoms. The Morgan fingerprint density at radius 3 is 2.08 bits per heavy atom. The number of unbranched alkanes of at least 4 members (excludes halogenated alkanes) is 1. The number of urea groups is 1. The number of rotatable bonds is 16. The Bertz CT molecular complexity index is 1530. The minimum Gasteiger partial charge on any atom is -0.347 e. The Labute approximate surface area is 316 Å². The Kier molecular flexibility index (Phi) is 11.6. The molecule has 5 atom stereocenters. The van der Waals surface area contributed by atoms with Gasteiger partial charge >= 0.3 is 6.03 Å². The second kappa shape index (κ2) is 15.4. The molecule has 13 nitrogen and oxygen atoms in total. The maximum atomic E-state index is 14.9. The molecule has 5 saturated carbocycles. The van der Waals surface area contributed by atoms with Gasteiger partial charge in [-0.3, -0.25) is 19.2 Å². The lowest BCUT2D eigenvalue weighted by atomic mass is 9.70. The fourth-order valence-corrected chi connectivity index (χ4v) is 11.7. The van der Waals surface area contributed by atoms with Gasteiger partial charge < -0.3 is 26.2 Å². The van der Waals surface area contributed by atoms with Crippen molar-refractivity contribution in [1.29, 1.82) is 0 Å². The Balaban J connectivity index is 1.23. The van der Waals surface area contributed by atoms with Gasteiger partial charge in [0.15, 0.2) is 0 Å². The number of nitrogens with zero attached hydrogens (tertiary/aromatic N) is 2. The summed E-state index contributed by atoms with van der Waals surface area (Å²) in [7, 11) is -2.00. The van der Waals surface area contributed by atoms with E-state index < -0.39 is 62.7 Å². The van der Waals surface area contributed by atoms with Crippen molar-refractivity contribution in [3.05, 3.63) is 0 Å². The van der Waals surface area contributed by atoms with Crippen molar-refractivity contribution in [1.82, 2.24) is 30.5 Å². The number of likely N-dealkylation sites (tertiary alicyclic amines) is 1. The third-order valence-electron chi connectivity index (χ3n) is 13.7. The van der Waals surface area contributed by atoms with Crippen LogP contribution in [-0.4, -0.2) is 102 Å². The van der Waals surface area contributed by atoms with Gasteiger partial charge in [0, 0.05) is 25.7 Å². The van der Waals surface area contributed by atoms with Crippen molar-refractivity contribution in [2.75, 3.05) is 19.3 Å². The van der Waals surface area contributed by atoms with Gasteiger partial charge in [-0.25, -0.2) is 17.5 Å². The molecule has 1 heterocycles. The van der Waals surface area contributed by atoms with Gasteiger partial charge in [0.2, 0.25) is 27.6 Å². The van der Waals surface area contributed by atoms with Gasteiger partial charge in [-0.1, -0.05) is 79.1 Å². The molecule has 5 aliphatic carbocycles. The summed E-state index contributed by atoms with van der Waals surface area (Å²) in [6.07, 6.45) is 13.1. The first-order chi connectivity index (χ1) is 25.0. The SMILES string of the molecule is CCCC[C@H](NC(=O)[C@@H]1[C@@H]2[C@H](CN1C(=O)[C@@H](NC(=O)NC1(CS(=O)(=O)N(C)C3CC3)CCCCC1)C1(C)CCCCC1)C2(C)C)C(=O)C(=O)NC1CC1. The van der Waals surface area contributed by atoms with Gasteiger partial charge in [0.1, 0.15) is 12.1 Å². The third-order valence-corrected chi connectivity index (χ3v) is 15.8. The van der Waals surface area contributed by atoms with Crippen LogP contribution in [0.2, 0.25) is 0 Å². The maximum absolute atomic E-state index is 14.9. The van der Waals surface area contributed by atoms with Crippen molar-refractivity contribution in [3.63, 3.8) is 0 Å². The predicted molar refractivity (Wildman–Crippen MR) is 201 cm³/mol. The summed E-state index contributed by atoms with van der Waals surface area (Å²) in [5.74, 6) is -2.32. The first-order valence-corrected chi connectivity index (χ1v) is 22.1. The zero-order valence-electron chi connectivity index (χ0n) is 32.6. The highest BCUT2D eigenvalue weighted by atomic mass is 32.2. The molecule has 0 unspecified atom stereocenters. The summed E-state index contributed by atoms with van der Waals surface area (Å²) in [4.78, 5) is 71.1. The average molecular weight is 761 g/mol. The third kappa shape index (κ3) is 8.73. The van der Waals surface area contributed by atoms with Crippen molar-refractivity contribution in [2.45, 2.75) is 173 Å². The standard InChI is InChI=1S/C39H64N6O7S/c1-6-7-14-28(31(46)34(48)40-25-15-16-25)41-33(47)30-29-27(37(29,2)3)23-45(30)35(49)32(38(4)19-10-8-11-20-38)42-36(50)43-39(21-12-9-13-22-39)24-53(51,52)44(5)26-17-18-26/h25-30,32H,6-24H2,1-5H3,(H,40,48)(H,41,47)(H2,42,43,50)/t27-,28-,29-,30-,32+/m0/s1. The molecule has 0 spiro atoms. The first kappa shape index (κ1) is 39.9. The highest BCUT2D eigenvalue weighted by molar-refractivity contribution is 7.89. The fourth-order valence-electron chi connectivity index (χ4n) is 9.80. The quantitative estimate of drug-likeness (QED) is 0.174. The van der Waals surface area contributed by atoms with Crippen molar-refractivity contribution < 1.29 is 32.4 Å². The summed E-state index contributed by atoms with van der Waals surface area (Å²) in [5.41, 5.74) is -1.71. The second-order valence-electron chi connectivity index (χ2n) is 18.3. The zero-order valence-corrected chi connectivity index (χ0v) is 33.5. The molecule has 6 aliphatic rings. The van der Waals surface area contributed by atoms with Crippen LogP contribution in [-0.2, 0) is 29.2 Å². The normalized spacial score (nSPS) is 28.3. The van der Waals surface area contributed by atoms with E-state index in [2.05, 4.69) is 35.1 Å². The average Bonchev–Trinajstić information content (AvgIpc) is 4.07. The number of Topliss-reactive ketones (excluding diaryl/α,β-unsaturated/α-hetero) is 1. The first-order valence-electron chi connectivity index (χ1n) is 20.5. The molecular weight excluding hydrogens is 697 g/mol. The summed E-state index contributed by atoms with van der Waals surface area (Å²) in [5, 5.41) is 11.8. The number of amides is 5. The summed E-state index contributed by atoms with van der Waals surface area (Å²) >= 11 is 0. The Hall–Kier alpha value is -2.74. The lowest BCUT2D eigenvalue weighted by Crippen LogP contribution is -2.65. The van der Waals surface area contributed by atoms with Crippen LogP contribution in [0.5, 0.6) is 0 Å². The van der Waals surface area contributed by atoms with Crippen molar-refractivity contribution in [3.8, 4) is 0 Å². The van der Waals surface area contributed by atoms with E-state index in [4.69, 9.17) is 0 Å². The molecule has 0 radical (unpaired) electrons. The van der Waals surface area contributed by atoms with Crippen LogP contribution in [0.3, 0.4) is 0 Å². The van der Waals surface area contributed by atoms with Crippen molar-refractivity contribution >= 4 is 39.6 Å². The highest BCUT2D eigenvalue weighted by Crippen LogP contribution is 2.65. The van der Waals surface area contributed by atoms with E-state index >= 15 is 0 Å². The molecular formula is C39H64N6O7S. The number of carbonyl (C=O) groups is 5. The molecule has 0 aromatic rings. The number of fused-ring (bicyclic) bond motifs is 1. The van der Waals surface area contributed by atoms with Crippen LogP contribution >= 0.6 is 0 Å². The number of ketones is 1. The monoisotopic (exact) mass is 760 g/mol. The van der Waals surface area contributed by atoms with Crippen LogP contribution in [0.25, 0.3) is 0 Å². The lowest BCUT2D eigenvalue weighted by molar-refractivity contribution is -0.146. The van der Waals surface area contributed by atoms with E-state index in [1.54, 1.807) is 11.9 Å². The summed E-state index contributed by atoms with van der Waals surface area (Å²) < 4.78 is 28.5. The summed E-state index contributed by atoms with van der Waals surface area (Å²) in [6, 6.07) is -3.31. The Morgan fingerprint density at radius 1 is 0.868 bits per heavy atom. The van der Waals surface area contributed by atoms with Crippen molar-refractivity contribution in [2.24, 2.45) is 22.7 Å². The highest BCUT2D eigenvalue weighted by Gasteiger charge is 2.70. The van der Waals surface area contributed by atoms with E-state index in [-0.39, 0.29) is 41.0 Å². The molecule has 1 aliphatic heterocycles. The van der Waals surface area contributed by atoms with E-state index in [1.807, 2.05) is 13.8 Å². The molecule has 298 valence electrons. The second-order valence-corrected chi connectivity index (χ2v) is 20.3.